The van der Waals surface area contributed by atoms with Gasteiger partial charge in [0.1, 0.15) is 23.4 Å². The molecule has 2 heterocycles. The Morgan fingerprint density at radius 1 is 1.15 bits per heavy atom. The fourth-order valence-electron chi connectivity index (χ4n) is 3.94. The van der Waals surface area contributed by atoms with Crippen LogP contribution in [0.25, 0.3) is 5.76 Å². The molecule has 4 rings (SSSR count). The average Bonchev–Trinajstić information content (AvgIpc) is 3.10. The van der Waals surface area contributed by atoms with Gasteiger partial charge in [-0.15, -0.1) is 0 Å². The van der Waals surface area contributed by atoms with Gasteiger partial charge in [0.15, 0.2) is 0 Å². The standard InChI is InChI=1S/C26H22ClFN2O4/c1-2-34-18-10-11-20(27)19(15-18)24(31)22-23(21-5-3-4-13-29-21)30(26(33)25(22)32)14-12-16-6-8-17(28)9-7-16/h3-11,13,15,23,31H,2,12,14H2,1H3/b24-22+. The fraction of sp³-hybridized carbons (Fsp3) is 0.192. The molecule has 1 unspecified atom stereocenters. The number of carbonyl (C=O) groups excluding carboxylic acids is 2. The summed E-state index contributed by atoms with van der Waals surface area (Å²) in [6, 6.07) is 14.9. The zero-order chi connectivity index (χ0) is 24.2. The van der Waals surface area contributed by atoms with E-state index < -0.39 is 23.5 Å². The number of nitrogens with zero attached hydrogens (tertiary/aromatic N) is 2. The molecule has 0 spiro atoms. The summed E-state index contributed by atoms with van der Waals surface area (Å²) in [7, 11) is 0. The van der Waals surface area contributed by atoms with Crippen LogP contribution in [0.2, 0.25) is 5.02 Å². The lowest BCUT2D eigenvalue weighted by atomic mass is 9.98. The average molecular weight is 481 g/mol. The van der Waals surface area contributed by atoms with Gasteiger partial charge in [0.2, 0.25) is 0 Å². The molecule has 0 bridgehead atoms. The van der Waals surface area contributed by atoms with E-state index in [1.54, 1.807) is 48.7 Å². The molecule has 1 saturated heterocycles. The molecule has 1 aliphatic heterocycles. The molecule has 8 heteroatoms. The van der Waals surface area contributed by atoms with Crippen molar-refractivity contribution >= 4 is 29.1 Å². The molecule has 6 nitrogen and oxygen atoms in total. The van der Waals surface area contributed by atoms with Crippen LogP contribution in [-0.2, 0) is 16.0 Å². The van der Waals surface area contributed by atoms with E-state index in [4.69, 9.17) is 16.3 Å². The second-order valence-electron chi connectivity index (χ2n) is 7.70. The third kappa shape index (κ3) is 4.65. The van der Waals surface area contributed by atoms with Crippen LogP contribution in [-0.4, -0.2) is 39.8 Å². The predicted octanol–water partition coefficient (Wildman–Crippen LogP) is 4.94. The minimum atomic E-state index is -0.909. The molecule has 1 atom stereocenters. The monoisotopic (exact) mass is 480 g/mol. The first-order valence-corrected chi connectivity index (χ1v) is 11.1. The number of benzene rings is 2. The normalized spacial score (nSPS) is 17.3. The van der Waals surface area contributed by atoms with Gasteiger partial charge in [-0.25, -0.2) is 4.39 Å². The van der Waals surface area contributed by atoms with Crippen LogP contribution < -0.4 is 4.74 Å². The van der Waals surface area contributed by atoms with E-state index in [0.717, 1.165) is 5.56 Å². The van der Waals surface area contributed by atoms with Crippen LogP contribution in [0.15, 0.2) is 72.4 Å². The smallest absolute Gasteiger partial charge is 0.295 e. The Morgan fingerprint density at radius 2 is 1.91 bits per heavy atom. The van der Waals surface area contributed by atoms with Crippen LogP contribution in [0.3, 0.4) is 0 Å². The summed E-state index contributed by atoms with van der Waals surface area (Å²) >= 11 is 6.33. The quantitative estimate of drug-likeness (QED) is 0.294. The van der Waals surface area contributed by atoms with Crippen molar-refractivity contribution in [2.45, 2.75) is 19.4 Å². The Bertz CT molecular complexity index is 1250. The molecule has 0 radical (unpaired) electrons. The molecule has 1 amide bonds. The summed E-state index contributed by atoms with van der Waals surface area (Å²) in [5, 5.41) is 11.4. The molecule has 1 N–H and O–H groups in total. The van der Waals surface area contributed by atoms with Gasteiger partial charge in [0.05, 0.1) is 22.9 Å². The number of Topliss-reactive ketones (excluding diaryl/α,β-unsaturated/α-hetero) is 1. The lowest BCUT2D eigenvalue weighted by molar-refractivity contribution is -0.139. The molecule has 1 aromatic heterocycles. The lowest BCUT2D eigenvalue weighted by Gasteiger charge is -2.24. The highest BCUT2D eigenvalue weighted by molar-refractivity contribution is 6.47. The predicted molar refractivity (Wildman–Crippen MR) is 126 cm³/mol. The number of ketones is 1. The van der Waals surface area contributed by atoms with Crippen LogP contribution in [0, 0.1) is 5.82 Å². The molecular weight excluding hydrogens is 459 g/mol. The third-order valence-corrected chi connectivity index (χ3v) is 5.90. The van der Waals surface area contributed by atoms with E-state index in [-0.39, 0.29) is 28.5 Å². The summed E-state index contributed by atoms with van der Waals surface area (Å²) in [6.45, 7) is 2.40. The first-order valence-electron chi connectivity index (χ1n) is 10.8. The largest absolute Gasteiger partial charge is 0.507 e. The van der Waals surface area contributed by atoms with Gasteiger partial charge in [-0.3, -0.25) is 14.6 Å². The number of hydrogen-bond acceptors (Lipinski definition) is 5. The number of hydrogen-bond donors (Lipinski definition) is 1. The number of ether oxygens (including phenoxy) is 1. The van der Waals surface area contributed by atoms with Crippen LogP contribution >= 0.6 is 11.6 Å². The molecule has 34 heavy (non-hydrogen) atoms. The van der Waals surface area contributed by atoms with Gasteiger partial charge >= 0.3 is 0 Å². The number of rotatable bonds is 7. The van der Waals surface area contributed by atoms with Crippen molar-refractivity contribution in [2.75, 3.05) is 13.2 Å². The van der Waals surface area contributed by atoms with E-state index in [1.807, 2.05) is 6.92 Å². The van der Waals surface area contributed by atoms with Gasteiger partial charge < -0.3 is 14.7 Å². The second-order valence-corrected chi connectivity index (χ2v) is 8.11. The maximum Gasteiger partial charge on any atom is 0.295 e. The summed E-state index contributed by atoms with van der Waals surface area (Å²) in [4.78, 5) is 31.9. The topological polar surface area (TPSA) is 79.7 Å². The van der Waals surface area contributed by atoms with Crippen molar-refractivity contribution in [1.29, 1.82) is 0 Å². The van der Waals surface area contributed by atoms with Gasteiger partial charge in [-0.1, -0.05) is 29.8 Å². The first kappa shape index (κ1) is 23.4. The molecule has 1 aliphatic rings. The number of amides is 1. The highest BCUT2D eigenvalue weighted by atomic mass is 35.5. The number of pyridine rings is 1. The Hall–Kier alpha value is -3.71. The summed E-state index contributed by atoms with van der Waals surface area (Å²) in [6.07, 6.45) is 1.94. The zero-order valence-electron chi connectivity index (χ0n) is 18.4. The van der Waals surface area contributed by atoms with Gasteiger partial charge in [0, 0.05) is 18.3 Å². The molecule has 2 aromatic carbocycles. The van der Waals surface area contributed by atoms with E-state index in [9.17, 15) is 19.1 Å². The van der Waals surface area contributed by atoms with Crippen LogP contribution in [0.1, 0.15) is 29.8 Å². The van der Waals surface area contributed by atoms with Crippen molar-refractivity contribution < 1.29 is 23.8 Å². The minimum Gasteiger partial charge on any atom is -0.507 e. The number of aliphatic hydroxyl groups is 1. The van der Waals surface area contributed by atoms with Crippen LogP contribution in [0.5, 0.6) is 5.75 Å². The molecule has 0 saturated carbocycles. The van der Waals surface area contributed by atoms with Gasteiger partial charge in [0.25, 0.3) is 11.7 Å². The van der Waals surface area contributed by atoms with E-state index in [1.165, 1.54) is 23.1 Å². The Morgan fingerprint density at radius 3 is 2.59 bits per heavy atom. The second kappa shape index (κ2) is 10.1. The summed E-state index contributed by atoms with van der Waals surface area (Å²) in [5.41, 5.74) is 1.32. The zero-order valence-corrected chi connectivity index (χ0v) is 19.1. The molecule has 1 fully saturated rings. The SMILES string of the molecule is CCOc1ccc(Cl)c(/C(O)=C2\C(=O)C(=O)N(CCc3ccc(F)cc3)C2c2ccccn2)c1. The first-order chi connectivity index (χ1) is 16.4. The number of aromatic nitrogens is 1. The van der Waals surface area contributed by atoms with E-state index in [0.29, 0.717) is 24.5 Å². The third-order valence-electron chi connectivity index (χ3n) is 5.57. The Balaban J connectivity index is 1.78. The summed E-state index contributed by atoms with van der Waals surface area (Å²) in [5.74, 6) is -1.87. The fourth-order valence-corrected chi connectivity index (χ4v) is 4.15. The van der Waals surface area contributed by atoms with Crippen molar-refractivity contribution in [3.8, 4) is 5.75 Å². The highest BCUT2D eigenvalue weighted by Gasteiger charge is 2.46. The molecular formula is C26H22ClFN2O4. The van der Waals surface area contributed by atoms with Crippen molar-refractivity contribution in [2.24, 2.45) is 0 Å². The number of aliphatic hydroxyl groups excluding tert-OH is 1. The maximum atomic E-state index is 13.3. The minimum absolute atomic E-state index is 0.0987. The molecule has 174 valence electrons. The van der Waals surface area contributed by atoms with Gasteiger partial charge in [-0.05, 0) is 61.4 Å². The molecule has 0 aliphatic carbocycles. The van der Waals surface area contributed by atoms with Crippen molar-refractivity contribution in [1.82, 2.24) is 9.88 Å². The van der Waals surface area contributed by atoms with Crippen LogP contribution in [0.4, 0.5) is 4.39 Å². The van der Waals surface area contributed by atoms with Crippen molar-refractivity contribution in [3.05, 3.63) is 100 Å². The van der Waals surface area contributed by atoms with E-state index >= 15 is 0 Å². The summed E-state index contributed by atoms with van der Waals surface area (Å²) < 4.78 is 18.8. The Labute approximate surface area is 201 Å². The number of carbonyl (C=O) groups is 2. The maximum absolute atomic E-state index is 13.3. The number of likely N-dealkylation sites (tertiary alicyclic amines) is 1. The van der Waals surface area contributed by atoms with Crippen molar-refractivity contribution in [3.63, 3.8) is 0 Å². The number of halogens is 2. The van der Waals surface area contributed by atoms with E-state index in [2.05, 4.69) is 4.98 Å². The molecule has 3 aromatic rings. The Kier molecular flexibility index (Phi) is 6.93. The highest BCUT2D eigenvalue weighted by Crippen LogP contribution is 2.40. The van der Waals surface area contributed by atoms with Gasteiger partial charge in [-0.2, -0.15) is 0 Å². The lowest BCUT2D eigenvalue weighted by Crippen LogP contribution is -2.32.